The monoisotopic (exact) mass is 285 g/mol. The van der Waals surface area contributed by atoms with E-state index in [2.05, 4.69) is 9.97 Å². The van der Waals surface area contributed by atoms with E-state index in [0.29, 0.717) is 18.7 Å². The summed E-state index contributed by atoms with van der Waals surface area (Å²) in [5.41, 5.74) is 0.582. The van der Waals surface area contributed by atoms with Crippen LogP contribution in [0.4, 0.5) is 0 Å². The molecule has 1 amide bonds. The van der Waals surface area contributed by atoms with Crippen molar-refractivity contribution < 1.29 is 17.9 Å². The third kappa shape index (κ3) is 3.71. The minimum Gasteiger partial charge on any atom is -0.377 e. The molecule has 0 saturated carbocycles. The summed E-state index contributed by atoms with van der Waals surface area (Å²) >= 11 is 0. The average molecular weight is 285 g/mol. The Kier molecular flexibility index (Phi) is 4.11. The molecule has 1 unspecified atom stereocenters. The van der Waals surface area contributed by atoms with Crippen LogP contribution in [0, 0.1) is 6.92 Å². The summed E-state index contributed by atoms with van der Waals surface area (Å²) in [7, 11) is -3.71. The molecule has 1 aliphatic heterocycles. The van der Waals surface area contributed by atoms with Crippen molar-refractivity contribution >= 4 is 15.9 Å². The van der Waals surface area contributed by atoms with Crippen molar-refractivity contribution in [2.45, 2.75) is 25.9 Å². The van der Waals surface area contributed by atoms with Crippen LogP contribution in [0.15, 0.2) is 12.5 Å². The number of aromatic nitrogens is 2. The van der Waals surface area contributed by atoms with E-state index < -0.39 is 15.9 Å². The molecule has 1 aromatic rings. The third-order valence-corrected chi connectivity index (χ3v) is 4.14. The van der Waals surface area contributed by atoms with E-state index >= 15 is 0 Å². The maximum atomic E-state index is 11.8. The van der Waals surface area contributed by atoms with Gasteiger partial charge in [0, 0.05) is 12.8 Å². The van der Waals surface area contributed by atoms with Gasteiger partial charge >= 0.3 is 0 Å². The van der Waals surface area contributed by atoms with Crippen molar-refractivity contribution in [1.82, 2.24) is 14.7 Å². The van der Waals surface area contributed by atoms with Crippen LogP contribution in [0.5, 0.6) is 0 Å². The van der Waals surface area contributed by atoms with E-state index in [1.807, 2.05) is 4.72 Å². The lowest BCUT2D eigenvalue weighted by atomic mass is 10.2. The van der Waals surface area contributed by atoms with Gasteiger partial charge in [0.15, 0.2) is 0 Å². The van der Waals surface area contributed by atoms with Crippen LogP contribution in [0.25, 0.3) is 0 Å². The predicted molar refractivity (Wildman–Crippen MR) is 67.0 cm³/mol. The fourth-order valence-corrected chi connectivity index (χ4v) is 3.10. The van der Waals surface area contributed by atoms with Crippen molar-refractivity contribution in [1.29, 1.82) is 0 Å². The summed E-state index contributed by atoms with van der Waals surface area (Å²) in [5.74, 6) is -0.915. The molecule has 104 valence electrons. The molecular weight excluding hydrogens is 270 g/mol. The molecular formula is C11H15N3O4S. The molecule has 1 aliphatic rings. The number of ether oxygens (including phenoxy) is 1. The number of carbonyl (C=O) groups is 1. The number of nitrogens with zero attached hydrogens (tertiary/aromatic N) is 2. The molecule has 0 radical (unpaired) electrons. The normalized spacial score (nSPS) is 19.3. The van der Waals surface area contributed by atoms with E-state index in [1.165, 1.54) is 12.5 Å². The average Bonchev–Trinajstić information content (AvgIpc) is 2.80. The van der Waals surface area contributed by atoms with Crippen molar-refractivity contribution in [2.24, 2.45) is 0 Å². The van der Waals surface area contributed by atoms with Gasteiger partial charge in [-0.25, -0.2) is 23.1 Å². The fraction of sp³-hybridized carbons (Fsp3) is 0.545. The molecule has 1 atom stereocenters. The van der Waals surface area contributed by atoms with Gasteiger partial charge in [0.2, 0.25) is 10.0 Å². The van der Waals surface area contributed by atoms with Crippen LogP contribution in [0.1, 0.15) is 28.9 Å². The van der Waals surface area contributed by atoms with Gasteiger partial charge in [-0.3, -0.25) is 4.79 Å². The molecule has 1 aromatic heterocycles. The molecule has 19 heavy (non-hydrogen) atoms. The molecule has 1 fully saturated rings. The first-order valence-electron chi connectivity index (χ1n) is 5.91. The molecule has 0 aliphatic carbocycles. The van der Waals surface area contributed by atoms with Crippen LogP contribution in [0.3, 0.4) is 0 Å². The lowest BCUT2D eigenvalue weighted by Crippen LogP contribution is -2.36. The molecule has 2 rings (SSSR count). The van der Waals surface area contributed by atoms with E-state index in [0.717, 1.165) is 6.42 Å². The highest BCUT2D eigenvalue weighted by Crippen LogP contribution is 2.13. The van der Waals surface area contributed by atoms with Crippen molar-refractivity contribution in [2.75, 3.05) is 12.4 Å². The number of rotatable bonds is 4. The van der Waals surface area contributed by atoms with Gasteiger partial charge in [-0.15, -0.1) is 0 Å². The first-order valence-corrected chi connectivity index (χ1v) is 7.56. The Hall–Kier alpha value is -1.54. The molecule has 0 bridgehead atoms. The zero-order chi connectivity index (χ0) is 13.9. The number of nitrogens with one attached hydrogen (secondary N) is 1. The number of hydrogen-bond acceptors (Lipinski definition) is 6. The lowest BCUT2D eigenvalue weighted by Gasteiger charge is -2.11. The lowest BCUT2D eigenvalue weighted by molar-refractivity contribution is 0.0978. The quantitative estimate of drug-likeness (QED) is 0.837. The summed E-state index contributed by atoms with van der Waals surface area (Å²) in [4.78, 5) is 19.4. The molecule has 1 N–H and O–H groups in total. The molecule has 0 aromatic carbocycles. The van der Waals surface area contributed by atoms with Gasteiger partial charge in [-0.1, -0.05) is 0 Å². The van der Waals surface area contributed by atoms with Gasteiger partial charge in [0.1, 0.15) is 6.33 Å². The van der Waals surface area contributed by atoms with Gasteiger partial charge < -0.3 is 4.74 Å². The molecule has 0 spiro atoms. The van der Waals surface area contributed by atoms with E-state index in [4.69, 9.17) is 4.74 Å². The van der Waals surface area contributed by atoms with Crippen LogP contribution < -0.4 is 4.72 Å². The fourth-order valence-electron chi connectivity index (χ4n) is 1.87. The maximum Gasteiger partial charge on any atom is 0.268 e. The second-order valence-electron chi connectivity index (χ2n) is 4.37. The standard InChI is InChI=1S/C11H15N3O4S/c1-8-10(5-12-7-13-8)11(15)14-19(16,17)6-9-3-2-4-18-9/h5,7,9H,2-4,6H2,1H3,(H,14,15). The number of amides is 1. The van der Waals surface area contributed by atoms with E-state index in [9.17, 15) is 13.2 Å². The number of hydrogen-bond donors (Lipinski definition) is 1. The summed E-state index contributed by atoms with van der Waals surface area (Å²) in [6.45, 7) is 2.18. The highest BCUT2D eigenvalue weighted by Gasteiger charge is 2.25. The number of carbonyl (C=O) groups excluding carboxylic acids is 1. The molecule has 8 heteroatoms. The van der Waals surface area contributed by atoms with Crippen molar-refractivity contribution in [3.63, 3.8) is 0 Å². The summed E-state index contributed by atoms with van der Waals surface area (Å²) in [6.07, 6.45) is 3.80. The largest absolute Gasteiger partial charge is 0.377 e. The Balaban J connectivity index is 2.03. The first-order chi connectivity index (χ1) is 8.98. The van der Waals surface area contributed by atoms with Crippen LogP contribution >= 0.6 is 0 Å². The Morgan fingerprint density at radius 2 is 2.37 bits per heavy atom. The molecule has 7 nitrogen and oxygen atoms in total. The molecule has 2 heterocycles. The van der Waals surface area contributed by atoms with Crippen LogP contribution in [-0.4, -0.2) is 42.8 Å². The van der Waals surface area contributed by atoms with Crippen LogP contribution in [-0.2, 0) is 14.8 Å². The topological polar surface area (TPSA) is 98.3 Å². The minimum absolute atomic E-state index is 0.151. The Labute approximate surface area is 111 Å². The third-order valence-electron chi connectivity index (χ3n) is 2.83. The van der Waals surface area contributed by atoms with E-state index in [-0.39, 0.29) is 17.4 Å². The predicted octanol–water partition coefficient (Wildman–Crippen LogP) is 0.0236. The first kappa shape index (κ1) is 13.9. The summed E-state index contributed by atoms with van der Waals surface area (Å²) in [6, 6.07) is 0. The number of aryl methyl sites for hydroxylation is 1. The van der Waals surface area contributed by atoms with Crippen molar-refractivity contribution in [3.8, 4) is 0 Å². The second-order valence-corrected chi connectivity index (χ2v) is 6.14. The Morgan fingerprint density at radius 3 is 3.00 bits per heavy atom. The van der Waals surface area contributed by atoms with Gasteiger partial charge in [-0.2, -0.15) is 0 Å². The summed E-state index contributed by atoms with van der Waals surface area (Å²) < 4.78 is 30.9. The second kappa shape index (κ2) is 5.62. The number of sulfonamides is 1. The van der Waals surface area contributed by atoms with Crippen LogP contribution in [0.2, 0.25) is 0 Å². The zero-order valence-electron chi connectivity index (χ0n) is 10.5. The highest BCUT2D eigenvalue weighted by atomic mass is 32.2. The smallest absolute Gasteiger partial charge is 0.268 e. The van der Waals surface area contributed by atoms with Gasteiger partial charge in [0.05, 0.1) is 23.1 Å². The Bertz CT molecular complexity index is 567. The highest BCUT2D eigenvalue weighted by molar-refractivity contribution is 7.90. The minimum atomic E-state index is -3.71. The van der Waals surface area contributed by atoms with Crippen molar-refractivity contribution in [3.05, 3.63) is 23.8 Å². The maximum absolute atomic E-state index is 11.8. The Morgan fingerprint density at radius 1 is 1.58 bits per heavy atom. The molecule has 1 saturated heterocycles. The van der Waals surface area contributed by atoms with E-state index in [1.54, 1.807) is 6.92 Å². The zero-order valence-corrected chi connectivity index (χ0v) is 11.3. The van der Waals surface area contributed by atoms with Gasteiger partial charge in [0.25, 0.3) is 5.91 Å². The van der Waals surface area contributed by atoms with Gasteiger partial charge in [-0.05, 0) is 19.8 Å². The SMILES string of the molecule is Cc1ncncc1C(=O)NS(=O)(=O)CC1CCCO1. The summed E-state index contributed by atoms with van der Waals surface area (Å²) in [5, 5.41) is 0.